The van der Waals surface area contributed by atoms with Crippen molar-refractivity contribution in [1.29, 1.82) is 0 Å². The molecule has 3 atom stereocenters. The second kappa shape index (κ2) is 8.68. The largest absolute Gasteiger partial charge is 0.456 e. The van der Waals surface area contributed by atoms with Crippen LogP contribution >= 0.6 is 0 Å². The van der Waals surface area contributed by atoms with Gasteiger partial charge >= 0.3 is 11.9 Å². The highest BCUT2D eigenvalue weighted by molar-refractivity contribution is 5.79. The maximum absolute atomic E-state index is 11.1. The Hall–Kier alpha value is -2.38. The van der Waals surface area contributed by atoms with Gasteiger partial charge in [0.05, 0.1) is 6.21 Å². The molecule has 0 unspecified atom stereocenters. The van der Waals surface area contributed by atoms with Gasteiger partial charge in [0.2, 0.25) is 5.91 Å². The van der Waals surface area contributed by atoms with E-state index >= 15 is 0 Å². The van der Waals surface area contributed by atoms with Gasteiger partial charge in [-0.3, -0.25) is 14.4 Å². The lowest BCUT2D eigenvalue weighted by Gasteiger charge is -2.28. The van der Waals surface area contributed by atoms with Crippen molar-refractivity contribution in [2.45, 2.75) is 39.0 Å². The third kappa shape index (κ3) is 6.53. The lowest BCUT2D eigenvalue weighted by molar-refractivity contribution is -0.162. The van der Waals surface area contributed by atoms with E-state index < -0.39 is 36.1 Å². The summed E-state index contributed by atoms with van der Waals surface area (Å²) in [5, 5.41) is 13.8. The number of oxime groups is 1. The summed E-state index contributed by atoms with van der Waals surface area (Å²) in [5.41, 5.74) is 0. The van der Waals surface area contributed by atoms with Gasteiger partial charge in [0, 0.05) is 20.8 Å². The minimum absolute atomic E-state index is 0.447. The summed E-state index contributed by atoms with van der Waals surface area (Å²) in [4.78, 5) is 33.3. The number of amides is 1. The van der Waals surface area contributed by atoms with Gasteiger partial charge in [-0.15, -0.1) is 0 Å². The Kier molecular flexibility index (Phi) is 7.64. The van der Waals surface area contributed by atoms with Gasteiger partial charge in [0.25, 0.3) is 0 Å². The molecule has 0 spiro atoms. The molecule has 0 rings (SSSR count). The summed E-state index contributed by atoms with van der Waals surface area (Å²) < 4.78 is 9.96. The second-order valence-electron chi connectivity index (χ2n) is 3.87. The molecule has 8 nitrogen and oxygen atoms in total. The van der Waals surface area contributed by atoms with E-state index in [1.54, 1.807) is 0 Å². The smallest absolute Gasteiger partial charge is 0.303 e. The Morgan fingerprint density at radius 1 is 1.20 bits per heavy atom. The molecule has 0 fully saturated rings. The number of ether oxygens (including phenoxy) is 2. The highest BCUT2D eigenvalue weighted by Crippen LogP contribution is 2.11. The third-order valence-electron chi connectivity index (χ3n) is 2.11. The first-order valence-corrected chi connectivity index (χ1v) is 5.73. The van der Waals surface area contributed by atoms with Gasteiger partial charge in [-0.1, -0.05) is 11.7 Å². The van der Waals surface area contributed by atoms with Crippen molar-refractivity contribution < 1.29 is 29.1 Å². The van der Waals surface area contributed by atoms with Crippen LogP contribution in [0.3, 0.4) is 0 Å². The predicted octanol–water partition coefficient (Wildman–Crippen LogP) is 0.000500. The Labute approximate surface area is 116 Å². The fourth-order valence-corrected chi connectivity index (χ4v) is 1.49. The maximum Gasteiger partial charge on any atom is 0.303 e. The molecule has 0 saturated heterocycles. The summed E-state index contributed by atoms with van der Waals surface area (Å²) in [6.45, 7) is 7.04. The van der Waals surface area contributed by atoms with Crippen molar-refractivity contribution in [1.82, 2.24) is 5.32 Å². The molecule has 0 aliphatic heterocycles. The van der Waals surface area contributed by atoms with E-state index in [-0.39, 0.29) is 0 Å². The SMILES string of the molecule is C=C[C@@H](OC(C)=O)[C@H](OC(C)=O)[C@H](/C=N/O)NC(C)=O. The van der Waals surface area contributed by atoms with Crippen LogP contribution in [-0.4, -0.2) is 47.5 Å². The average molecular weight is 286 g/mol. The first-order chi connectivity index (χ1) is 9.31. The van der Waals surface area contributed by atoms with E-state index in [4.69, 9.17) is 14.7 Å². The summed E-state index contributed by atoms with van der Waals surface area (Å²) in [7, 11) is 0. The summed E-state index contributed by atoms with van der Waals surface area (Å²) >= 11 is 0. The third-order valence-corrected chi connectivity index (χ3v) is 2.11. The molecule has 0 saturated carbocycles. The van der Waals surface area contributed by atoms with Gasteiger partial charge in [0.15, 0.2) is 12.2 Å². The molecule has 0 heterocycles. The Morgan fingerprint density at radius 2 is 1.75 bits per heavy atom. The topological polar surface area (TPSA) is 114 Å². The molecule has 0 radical (unpaired) electrons. The molecule has 8 heteroatoms. The first-order valence-electron chi connectivity index (χ1n) is 5.73. The molecular weight excluding hydrogens is 268 g/mol. The summed E-state index contributed by atoms with van der Waals surface area (Å²) in [5.74, 6) is -1.72. The van der Waals surface area contributed by atoms with Crippen molar-refractivity contribution in [2.75, 3.05) is 0 Å². The average Bonchev–Trinajstić information content (AvgIpc) is 2.31. The van der Waals surface area contributed by atoms with Crippen LogP contribution in [0, 0.1) is 0 Å². The maximum atomic E-state index is 11.1. The van der Waals surface area contributed by atoms with E-state index in [2.05, 4.69) is 17.1 Å². The van der Waals surface area contributed by atoms with Gasteiger partial charge in [-0.2, -0.15) is 0 Å². The van der Waals surface area contributed by atoms with E-state index in [0.717, 1.165) is 13.1 Å². The van der Waals surface area contributed by atoms with Crippen LogP contribution < -0.4 is 5.32 Å². The normalized spacial score (nSPS) is 14.9. The monoisotopic (exact) mass is 286 g/mol. The lowest BCUT2D eigenvalue weighted by Crippen LogP contribution is -2.51. The molecule has 112 valence electrons. The van der Waals surface area contributed by atoms with Crippen molar-refractivity contribution >= 4 is 24.1 Å². The van der Waals surface area contributed by atoms with E-state index in [9.17, 15) is 14.4 Å². The zero-order valence-electron chi connectivity index (χ0n) is 11.5. The summed E-state index contributed by atoms with van der Waals surface area (Å²) in [6.07, 6.45) is 0.0873. The van der Waals surface area contributed by atoms with Crippen LogP contribution in [0.5, 0.6) is 0 Å². The number of rotatable bonds is 7. The fourth-order valence-electron chi connectivity index (χ4n) is 1.49. The Bertz CT molecular complexity index is 407. The van der Waals surface area contributed by atoms with Gasteiger partial charge < -0.3 is 20.0 Å². The van der Waals surface area contributed by atoms with Crippen LogP contribution in [0.1, 0.15) is 20.8 Å². The molecule has 0 aliphatic carbocycles. The zero-order valence-corrected chi connectivity index (χ0v) is 11.5. The number of esters is 2. The van der Waals surface area contributed by atoms with E-state index in [1.807, 2.05) is 0 Å². The van der Waals surface area contributed by atoms with Crippen LogP contribution in [0.25, 0.3) is 0 Å². The van der Waals surface area contributed by atoms with Crippen LogP contribution in [0.15, 0.2) is 17.8 Å². The number of nitrogens with zero attached hydrogens (tertiary/aromatic N) is 1. The standard InChI is InChI=1S/C12H18N2O6/c1-5-11(19-8(3)16)12(20-9(4)17)10(6-13-18)14-7(2)15/h5-6,10-12,18H,1H2,2-4H3,(H,14,15)/b13-6+/t10-,11+,12+/m0/s1. The van der Waals surface area contributed by atoms with Crippen LogP contribution in [0.4, 0.5) is 0 Å². The molecule has 2 N–H and O–H groups in total. The van der Waals surface area contributed by atoms with Crippen molar-refractivity contribution in [3.05, 3.63) is 12.7 Å². The van der Waals surface area contributed by atoms with Crippen LogP contribution in [-0.2, 0) is 23.9 Å². The Balaban J connectivity index is 5.32. The predicted molar refractivity (Wildman–Crippen MR) is 69.2 cm³/mol. The molecule has 0 aromatic carbocycles. The minimum atomic E-state index is -1.10. The zero-order chi connectivity index (χ0) is 15.7. The molecule has 20 heavy (non-hydrogen) atoms. The molecule has 0 bridgehead atoms. The molecule has 1 amide bonds. The molecule has 0 aromatic heterocycles. The van der Waals surface area contributed by atoms with Crippen molar-refractivity contribution in [3.63, 3.8) is 0 Å². The van der Waals surface area contributed by atoms with Crippen molar-refractivity contribution in [2.24, 2.45) is 5.16 Å². The van der Waals surface area contributed by atoms with E-state index in [1.165, 1.54) is 19.9 Å². The fraction of sp³-hybridized carbons (Fsp3) is 0.500. The number of carbonyl (C=O) groups is 3. The summed E-state index contributed by atoms with van der Waals surface area (Å²) in [6, 6.07) is -0.983. The molecular formula is C12H18N2O6. The first kappa shape index (κ1) is 17.6. The van der Waals surface area contributed by atoms with E-state index in [0.29, 0.717) is 0 Å². The number of hydrogen-bond donors (Lipinski definition) is 2. The number of nitrogens with one attached hydrogen (secondary N) is 1. The van der Waals surface area contributed by atoms with Crippen LogP contribution in [0.2, 0.25) is 0 Å². The molecule has 0 aliphatic rings. The Morgan fingerprint density at radius 3 is 2.10 bits per heavy atom. The lowest BCUT2D eigenvalue weighted by atomic mass is 10.1. The van der Waals surface area contributed by atoms with Gasteiger partial charge in [-0.05, 0) is 6.08 Å². The minimum Gasteiger partial charge on any atom is -0.456 e. The van der Waals surface area contributed by atoms with Gasteiger partial charge in [-0.25, -0.2) is 0 Å². The second-order valence-corrected chi connectivity index (χ2v) is 3.87. The highest BCUT2D eigenvalue weighted by Gasteiger charge is 2.33. The quantitative estimate of drug-likeness (QED) is 0.224. The number of hydrogen-bond acceptors (Lipinski definition) is 7. The van der Waals surface area contributed by atoms with Crippen molar-refractivity contribution in [3.8, 4) is 0 Å². The highest BCUT2D eigenvalue weighted by atomic mass is 16.6. The number of carbonyl (C=O) groups excluding carboxylic acids is 3. The van der Waals surface area contributed by atoms with Gasteiger partial charge in [0.1, 0.15) is 6.04 Å². The molecule has 0 aromatic rings.